The van der Waals surface area contributed by atoms with Gasteiger partial charge in [-0.05, 0) is 27.7 Å². The summed E-state index contributed by atoms with van der Waals surface area (Å²) in [7, 11) is 3.64. The van der Waals surface area contributed by atoms with E-state index in [1.165, 1.54) is 0 Å². The first-order valence-electron chi connectivity index (χ1n) is 5.97. The van der Waals surface area contributed by atoms with Crippen LogP contribution in [-0.2, 0) is 0 Å². The normalized spacial score (nSPS) is 12.2. The van der Waals surface area contributed by atoms with Crippen molar-refractivity contribution in [3.8, 4) is 0 Å². The molecule has 0 unspecified atom stereocenters. The van der Waals surface area contributed by atoms with Crippen molar-refractivity contribution in [2.75, 3.05) is 29.7 Å². The second-order valence-corrected chi connectivity index (χ2v) is 5.63. The summed E-state index contributed by atoms with van der Waals surface area (Å²) in [5.41, 5.74) is 0.824. The minimum Gasteiger partial charge on any atom is -0.388 e. The quantitative estimate of drug-likeness (QED) is 0.442. The zero-order valence-corrected chi connectivity index (χ0v) is 12.3. The Bertz CT molecular complexity index is 439. The standard InChI is InChI=1S/C11H23N7O/c1-10(2,11(3,4)19)16-7-13-8(17-12)15-9(14-7)18(5)6/h19H,12H2,1-6H3,(H2,13,14,15,16,17). The van der Waals surface area contributed by atoms with Crippen LogP contribution < -0.4 is 21.5 Å². The summed E-state index contributed by atoms with van der Waals surface area (Å²) < 4.78 is 0. The van der Waals surface area contributed by atoms with Crippen LogP contribution in [-0.4, -0.2) is 45.3 Å². The van der Waals surface area contributed by atoms with Gasteiger partial charge in [-0.25, -0.2) is 5.84 Å². The Kier molecular flexibility index (Phi) is 4.16. The number of hydrogen-bond acceptors (Lipinski definition) is 8. The lowest BCUT2D eigenvalue weighted by molar-refractivity contribution is 0.0237. The molecule has 0 aliphatic rings. The molecular weight excluding hydrogens is 246 g/mol. The highest BCUT2D eigenvalue weighted by Gasteiger charge is 2.35. The van der Waals surface area contributed by atoms with Gasteiger partial charge >= 0.3 is 0 Å². The molecule has 1 heterocycles. The topological polar surface area (TPSA) is 112 Å². The van der Waals surface area contributed by atoms with Crippen LogP contribution in [0.4, 0.5) is 17.8 Å². The number of nitrogens with zero attached hydrogens (tertiary/aromatic N) is 4. The third-order valence-corrected chi connectivity index (χ3v) is 3.11. The molecule has 1 aromatic rings. The average molecular weight is 269 g/mol. The van der Waals surface area contributed by atoms with Crippen molar-refractivity contribution < 1.29 is 5.11 Å². The summed E-state index contributed by atoms with van der Waals surface area (Å²) >= 11 is 0. The van der Waals surface area contributed by atoms with Gasteiger partial charge in [-0.15, -0.1) is 0 Å². The minimum absolute atomic E-state index is 0.257. The maximum atomic E-state index is 10.1. The van der Waals surface area contributed by atoms with Gasteiger partial charge in [0.2, 0.25) is 17.8 Å². The van der Waals surface area contributed by atoms with E-state index in [-0.39, 0.29) is 5.95 Å². The Labute approximate surface area is 113 Å². The molecule has 0 spiro atoms. The highest BCUT2D eigenvalue weighted by Crippen LogP contribution is 2.25. The fourth-order valence-corrected chi connectivity index (χ4v) is 1.12. The summed E-state index contributed by atoms with van der Waals surface area (Å²) in [5, 5.41) is 13.2. The second-order valence-electron chi connectivity index (χ2n) is 5.63. The number of hydrogen-bond donors (Lipinski definition) is 4. The van der Waals surface area contributed by atoms with Gasteiger partial charge in [0, 0.05) is 14.1 Å². The molecule has 0 fully saturated rings. The Morgan fingerprint density at radius 3 is 2.00 bits per heavy atom. The molecule has 0 saturated heterocycles. The number of nitrogen functional groups attached to an aromatic ring is 1. The largest absolute Gasteiger partial charge is 0.388 e. The van der Waals surface area contributed by atoms with Gasteiger partial charge in [0.1, 0.15) is 0 Å². The van der Waals surface area contributed by atoms with Crippen LogP contribution >= 0.6 is 0 Å². The smallest absolute Gasteiger partial charge is 0.243 e. The van der Waals surface area contributed by atoms with Crippen molar-refractivity contribution in [2.45, 2.75) is 38.8 Å². The number of hydrazine groups is 1. The lowest BCUT2D eigenvalue weighted by atomic mass is 9.86. The van der Waals surface area contributed by atoms with Gasteiger partial charge in [-0.1, -0.05) is 0 Å². The van der Waals surface area contributed by atoms with E-state index in [4.69, 9.17) is 5.84 Å². The molecule has 0 bridgehead atoms. The van der Waals surface area contributed by atoms with Crippen LogP contribution in [0.25, 0.3) is 0 Å². The molecule has 19 heavy (non-hydrogen) atoms. The molecule has 1 aromatic heterocycles. The molecule has 0 atom stereocenters. The van der Waals surface area contributed by atoms with Crippen LogP contribution in [0.3, 0.4) is 0 Å². The van der Waals surface area contributed by atoms with Crippen LogP contribution in [0, 0.1) is 0 Å². The highest BCUT2D eigenvalue weighted by atomic mass is 16.3. The zero-order valence-electron chi connectivity index (χ0n) is 12.3. The summed E-state index contributed by atoms with van der Waals surface area (Å²) in [6.07, 6.45) is 0. The third kappa shape index (κ3) is 3.65. The summed E-state index contributed by atoms with van der Waals surface area (Å²) in [4.78, 5) is 14.2. The maximum absolute atomic E-state index is 10.1. The number of nitrogens with two attached hydrogens (primary N) is 1. The molecule has 0 aliphatic carbocycles. The fraction of sp³-hybridized carbons (Fsp3) is 0.727. The Morgan fingerprint density at radius 1 is 1.05 bits per heavy atom. The second kappa shape index (κ2) is 5.14. The van der Waals surface area contributed by atoms with Gasteiger partial charge in [0.15, 0.2) is 0 Å². The zero-order chi connectivity index (χ0) is 14.8. The van der Waals surface area contributed by atoms with Crippen molar-refractivity contribution in [2.24, 2.45) is 5.84 Å². The molecule has 0 radical (unpaired) electrons. The number of rotatable bonds is 5. The fourth-order valence-electron chi connectivity index (χ4n) is 1.12. The van der Waals surface area contributed by atoms with Crippen molar-refractivity contribution in [1.82, 2.24) is 15.0 Å². The van der Waals surface area contributed by atoms with E-state index in [9.17, 15) is 5.11 Å². The first-order chi connectivity index (χ1) is 8.56. The van der Waals surface area contributed by atoms with E-state index < -0.39 is 11.1 Å². The first kappa shape index (κ1) is 15.4. The Morgan fingerprint density at radius 2 is 1.58 bits per heavy atom. The minimum atomic E-state index is -0.950. The molecule has 1 rings (SSSR count). The van der Waals surface area contributed by atoms with E-state index in [2.05, 4.69) is 25.7 Å². The van der Waals surface area contributed by atoms with Crippen LogP contribution in [0.5, 0.6) is 0 Å². The summed E-state index contributed by atoms with van der Waals surface area (Å²) in [5.74, 6) is 6.41. The van der Waals surface area contributed by atoms with E-state index in [1.807, 2.05) is 27.9 Å². The van der Waals surface area contributed by atoms with Gasteiger partial charge < -0.3 is 15.3 Å². The van der Waals surface area contributed by atoms with Gasteiger partial charge in [0.25, 0.3) is 0 Å². The van der Waals surface area contributed by atoms with E-state index in [0.717, 1.165) is 0 Å². The Balaban J connectivity index is 3.11. The molecule has 8 nitrogen and oxygen atoms in total. The van der Waals surface area contributed by atoms with E-state index >= 15 is 0 Å². The molecule has 108 valence electrons. The van der Waals surface area contributed by atoms with Crippen LogP contribution in [0.1, 0.15) is 27.7 Å². The highest BCUT2D eigenvalue weighted by molar-refractivity contribution is 5.44. The number of aromatic nitrogens is 3. The summed E-state index contributed by atoms with van der Waals surface area (Å²) in [6.45, 7) is 7.16. The monoisotopic (exact) mass is 269 g/mol. The predicted molar refractivity (Wildman–Crippen MR) is 76.0 cm³/mol. The van der Waals surface area contributed by atoms with Gasteiger partial charge in [-0.2, -0.15) is 15.0 Å². The van der Waals surface area contributed by atoms with Gasteiger partial charge in [0.05, 0.1) is 11.1 Å². The van der Waals surface area contributed by atoms with Crippen molar-refractivity contribution in [3.63, 3.8) is 0 Å². The number of anilines is 3. The molecule has 8 heteroatoms. The third-order valence-electron chi connectivity index (χ3n) is 3.11. The molecule has 0 amide bonds. The van der Waals surface area contributed by atoms with E-state index in [0.29, 0.717) is 11.9 Å². The summed E-state index contributed by atoms with van der Waals surface area (Å²) in [6, 6.07) is 0. The number of nitrogens with one attached hydrogen (secondary N) is 2. The van der Waals surface area contributed by atoms with Crippen molar-refractivity contribution in [3.05, 3.63) is 0 Å². The lowest BCUT2D eigenvalue weighted by Gasteiger charge is -2.38. The predicted octanol–water partition coefficient (Wildman–Crippen LogP) is 0.185. The SMILES string of the molecule is CN(C)c1nc(NN)nc(NC(C)(C)C(C)(C)O)n1. The van der Waals surface area contributed by atoms with Crippen molar-refractivity contribution in [1.29, 1.82) is 0 Å². The maximum Gasteiger partial charge on any atom is 0.243 e. The Hall–Kier alpha value is -1.67. The molecule has 5 N–H and O–H groups in total. The molecule has 0 aliphatic heterocycles. The molecule has 0 aromatic carbocycles. The van der Waals surface area contributed by atoms with Crippen LogP contribution in [0.15, 0.2) is 0 Å². The van der Waals surface area contributed by atoms with Crippen molar-refractivity contribution >= 4 is 17.8 Å². The van der Waals surface area contributed by atoms with Gasteiger partial charge in [-0.3, -0.25) is 5.43 Å². The lowest BCUT2D eigenvalue weighted by Crippen LogP contribution is -2.51. The molecular formula is C11H23N7O. The van der Waals surface area contributed by atoms with Crippen LogP contribution in [0.2, 0.25) is 0 Å². The number of aliphatic hydroxyl groups is 1. The van der Waals surface area contributed by atoms with E-state index in [1.54, 1.807) is 18.7 Å². The molecule has 0 saturated carbocycles. The first-order valence-corrected chi connectivity index (χ1v) is 5.97. The average Bonchev–Trinajstić information content (AvgIpc) is 2.26.